The molecule has 2 atom stereocenters. The Morgan fingerprint density at radius 1 is 1.37 bits per heavy atom. The van der Waals surface area contributed by atoms with Crippen LogP contribution in [-0.2, 0) is 6.54 Å². The number of carbonyl (C=O) groups is 1. The number of benzene rings is 1. The highest BCUT2D eigenvalue weighted by Crippen LogP contribution is 2.29. The number of aromatic nitrogens is 1. The van der Waals surface area contributed by atoms with Gasteiger partial charge in [0.2, 0.25) is 5.82 Å². The smallest absolute Gasteiger partial charge is 0.324 e. The van der Waals surface area contributed by atoms with Crippen molar-refractivity contribution < 1.29 is 9.72 Å². The summed E-state index contributed by atoms with van der Waals surface area (Å²) >= 11 is 0. The van der Waals surface area contributed by atoms with E-state index < -0.39 is 10.8 Å². The fourth-order valence-electron chi connectivity index (χ4n) is 3.43. The minimum atomic E-state index is -0.838. The Hall–Kier alpha value is -3.00. The molecule has 142 valence electrons. The summed E-state index contributed by atoms with van der Waals surface area (Å²) in [6, 6.07) is 11.4. The molecule has 1 fully saturated rings. The van der Waals surface area contributed by atoms with Crippen LogP contribution in [-0.4, -0.2) is 39.8 Å². The Labute approximate surface area is 157 Å². The summed E-state index contributed by atoms with van der Waals surface area (Å²) < 4.78 is 0. The van der Waals surface area contributed by atoms with Crippen LogP contribution in [0.15, 0.2) is 42.6 Å². The van der Waals surface area contributed by atoms with E-state index in [9.17, 15) is 14.9 Å². The third-order valence-electron chi connectivity index (χ3n) is 4.99. The van der Waals surface area contributed by atoms with Crippen LogP contribution in [0.25, 0.3) is 0 Å². The van der Waals surface area contributed by atoms with Gasteiger partial charge in [-0.25, -0.2) is 4.98 Å². The van der Waals surface area contributed by atoms with Gasteiger partial charge in [-0.2, -0.15) is 0 Å². The van der Waals surface area contributed by atoms with Gasteiger partial charge in [0, 0.05) is 25.3 Å². The third kappa shape index (κ3) is 4.40. The van der Waals surface area contributed by atoms with Gasteiger partial charge in [0.1, 0.15) is 5.56 Å². The Kier molecular flexibility index (Phi) is 5.66. The highest BCUT2D eigenvalue weighted by molar-refractivity contribution is 5.98. The molecule has 0 spiro atoms. The largest absolute Gasteiger partial charge is 0.365 e. The van der Waals surface area contributed by atoms with Crippen molar-refractivity contribution in [1.82, 2.24) is 9.88 Å². The standard InChI is InChI=1S/C19H23N5O3/c1-13-8-10-23(11-14-5-3-2-4-6-14)12-16(13)22-19-17(24(26)27)15(18(20)25)7-9-21-19/h2-7,9,13,16H,8,10-12H2,1H3,(H2,20,25)(H,21,22). The highest BCUT2D eigenvalue weighted by Gasteiger charge is 2.30. The molecule has 2 heterocycles. The van der Waals surface area contributed by atoms with Gasteiger partial charge in [0.25, 0.3) is 5.91 Å². The summed E-state index contributed by atoms with van der Waals surface area (Å²) in [4.78, 5) is 28.8. The quantitative estimate of drug-likeness (QED) is 0.597. The minimum absolute atomic E-state index is 0.0169. The van der Waals surface area contributed by atoms with Gasteiger partial charge >= 0.3 is 5.69 Å². The molecule has 1 saturated heterocycles. The molecule has 1 aromatic carbocycles. The molecule has 1 amide bonds. The van der Waals surface area contributed by atoms with Crippen molar-refractivity contribution >= 4 is 17.4 Å². The lowest BCUT2D eigenvalue weighted by molar-refractivity contribution is -0.384. The molecule has 0 bridgehead atoms. The predicted molar refractivity (Wildman–Crippen MR) is 102 cm³/mol. The van der Waals surface area contributed by atoms with E-state index in [-0.39, 0.29) is 23.1 Å². The Morgan fingerprint density at radius 3 is 2.78 bits per heavy atom. The molecule has 3 N–H and O–H groups in total. The number of rotatable bonds is 6. The summed E-state index contributed by atoms with van der Waals surface area (Å²) in [5, 5.41) is 14.7. The van der Waals surface area contributed by atoms with E-state index >= 15 is 0 Å². The van der Waals surface area contributed by atoms with Gasteiger partial charge < -0.3 is 11.1 Å². The van der Waals surface area contributed by atoms with Gasteiger partial charge in [0.05, 0.1) is 4.92 Å². The van der Waals surface area contributed by atoms with Crippen molar-refractivity contribution in [1.29, 1.82) is 0 Å². The van der Waals surface area contributed by atoms with E-state index in [2.05, 4.69) is 34.3 Å². The zero-order valence-corrected chi connectivity index (χ0v) is 15.2. The number of pyridine rings is 1. The van der Waals surface area contributed by atoms with E-state index in [0.717, 1.165) is 26.1 Å². The number of piperidine rings is 1. The number of likely N-dealkylation sites (tertiary alicyclic amines) is 1. The minimum Gasteiger partial charge on any atom is -0.365 e. The lowest BCUT2D eigenvalue weighted by Crippen LogP contribution is -2.46. The maximum absolute atomic E-state index is 11.5. The molecule has 8 heteroatoms. The second kappa shape index (κ2) is 8.13. The molecule has 1 aliphatic rings. The van der Waals surface area contributed by atoms with Crippen LogP contribution in [0.5, 0.6) is 0 Å². The number of amides is 1. The van der Waals surface area contributed by atoms with Crippen LogP contribution in [0.2, 0.25) is 0 Å². The summed E-state index contributed by atoms with van der Waals surface area (Å²) in [6.07, 6.45) is 2.33. The summed E-state index contributed by atoms with van der Waals surface area (Å²) in [6.45, 7) is 4.63. The van der Waals surface area contributed by atoms with E-state index in [1.165, 1.54) is 17.8 Å². The molecule has 3 rings (SSSR count). The van der Waals surface area contributed by atoms with E-state index in [4.69, 9.17) is 5.73 Å². The summed E-state index contributed by atoms with van der Waals surface area (Å²) in [5.74, 6) is -0.431. The van der Waals surface area contributed by atoms with Crippen LogP contribution >= 0.6 is 0 Å². The Morgan fingerprint density at radius 2 is 2.11 bits per heavy atom. The zero-order valence-electron chi connectivity index (χ0n) is 15.2. The highest BCUT2D eigenvalue weighted by atomic mass is 16.6. The summed E-state index contributed by atoms with van der Waals surface area (Å²) in [5.41, 5.74) is 6.01. The van der Waals surface area contributed by atoms with Crippen LogP contribution in [0, 0.1) is 16.0 Å². The number of hydrogen-bond donors (Lipinski definition) is 2. The maximum Gasteiger partial charge on any atom is 0.324 e. The number of hydrogen-bond acceptors (Lipinski definition) is 6. The van der Waals surface area contributed by atoms with Crippen LogP contribution in [0.1, 0.15) is 29.3 Å². The molecule has 0 radical (unpaired) electrons. The van der Waals surface area contributed by atoms with E-state index in [1.54, 1.807) is 0 Å². The monoisotopic (exact) mass is 369 g/mol. The van der Waals surface area contributed by atoms with Crippen LogP contribution in [0.4, 0.5) is 11.5 Å². The van der Waals surface area contributed by atoms with Crippen LogP contribution < -0.4 is 11.1 Å². The third-order valence-corrected chi connectivity index (χ3v) is 4.99. The molecular weight excluding hydrogens is 346 g/mol. The second-order valence-electron chi connectivity index (χ2n) is 6.91. The first-order valence-electron chi connectivity index (χ1n) is 8.91. The molecule has 2 unspecified atom stereocenters. The van der Waals surface area contributed by atoms with Gasteiger partial charge in [-0.1, -0.05) is 37.3 Å². The van der Waals surface area contributed by atoms with E-state index in [0.29, 0.717) is 5.92 Å². The predicted octanol–water partition coefficient (Wildman–Crippen LogP) is 2.41. The molecule has 27 heavy (non-hydrogen) atoms. The second-order valence-corrected chi connectivity index (χ2v) is 6.91. The van der Waals surface area contributed by atoms with Crippen molar-refractivity contribution in [2.24, 2.45) is 11.7 Å². The van der Waals surface area contributed by atoms with Crippen LogP contribution in [0.3, 0.4) is 0 Å². The van der Waals surface area contributed by atoms with Crippen molar-refractivity contribution in [3.63, 3.8) is 0 Å². The molecule has 8 nitrogen and oxygen atoms in total. The number of primary amides is 1. The van der Waals surface area contributed by atoms with Crippen molar-refractivity contribution in [3.05, 3.63) is 63.8 Å². The maximum atomic E-state index is 11.5. The average Bonchev–Trinajstić information content (AvgIpc) is 2.65. The number of nitrogens with one attached hydrogen (secondary N) is 1. The number of nitrogens with two attached hydrogens (primary N) is 1. The molecule has 0 aliphatic carbocycles. The average molecular weight is 369 g/mol. The Balaban J connectivity index is 1.78. The first-order chi connectivity index (χ1) is 13.0. The lowest BCUT2D eigenvalue weighted by Gasteiger charge is -2.37. The van der Waals surface area contributed by atoms with Gasteiger partial charge in [0.15, 0.2) is 0 Å². The first kappa shape index (κ1) is 18.8. The fourth-order valence-corrected chi connectivity index (χ4v) is 3.43. The number of nitro groups is 1. The topological polar surface area (TPSA) is 114 Å². The number of nitrogens with zero attached hydrogens (tertiary/aromatic N) is 3. The molecule has 2 aromatic rings. The van der Waals surface area contributed by atoms with Gasteiger partial charge in [-0.05, 0) is 30.5 Å². The summed E-state index contributed by atoms with van der Waals surface area (Å²) in [7, 11) is 0. The van der Waals surface area contributed by atoms with Crippen molar-refractivity contribution in [2.75, 3.05) is 18.4 Å². The number of anilines is 1. The molecule has 1 aromatic heterocycles. The van der Waals surface area contributed by atoms with E-state index in [1.807, 2.05) is 18.2 Å². The van der Waals surface area contributed by atoms with Gasteiger partial charge in [-0.15, -0.1) is 0 Å². The number of carbonyl (C=O) groups excluding carboxylic acids is 1. The SMILES string of the molecule is CC1CCN(Cc2ccccc2)CC1Nc1nccc(C(N)=O)c1[N+](=O)[O-]. The molecule has 0 saturated carbocycles. The molecule has 1 aliphatic heterocycles. The van der Waals surface area contributed by atoms with Crippen molar-refractivity contribution in [3.8, 4) is 0 Å². The zero-order chi connectivity index (χ0) is 19.4. The Bertz CT molecular complexity index is 827. The normalized spacial score (nSPS) is 20.2. The first-order valence-corrected chi connectivity index (χ1v) is 8.91. The fraction of sp³-hybridized carbons (Fsp3) is 0.368. The molecular formula is C19H23N5O3. The lowest BCUT2D eigenvalue weighted by atomic mass is 9.93. The van der Waals surface area contributed by atoms with Gasteiger partial charge in [-0.3, -0.25) is 19.8 Å². The van der Waals surface area contributed by atoms with Crippen molar-refractivity contribution in [2.45, 2.75) is 25.9 Å².